The lowest BCUT2D eigenvalue weighted by atomic mass is 10.3. The summed E-state index contributed by atoms with van der Waals surface area (Å²) in [5.74, 6) is -0.973. The van der Waals surface area contributed by atoms with Gasteiger partial charge in [-0.15, -0.1) is 11.3 Å². The first kappa shape index (κ1) is 22.2. The molecule has 2 aromatic rings. The van der Waals surface area contributed by atoms with Crippen molar-refractivity contribution >= 4 is 40.4 Å². The Balaban J connectivity index is 2.27. The summed E-state index contributed by atoms with van der Waals surface area (Å²) < 4.78 is 5.99. The lowest BCUT2D eigenvalue weighted by molar-refractivity contribution is -0.115. The molecule has 11 heteroatoms. The third-order valence-electron chi connectivity index (χ3n) is 4.29. The van der Waals surface area contributed by atoms with Gasteiger partial charge >= 0.3 is 11.7 Å². The molecule has 1 amide bonds. The first-order chi connectivity index (χ1) is 13.8. The SMILES string of the molecule is CCCCn1c(N)c(N(CC)CC(=O)Nc2ccsc2C(=O)OC)c(=O)[nH]c1=O. The topological polar surface area (TPSA) is 140 Å². The minimum absolute atomic E-state index is 0.0210. The molecule has 0 fully saturated rings. The average Bonchev–Trinajstić information content (AvgIpc) is 3.14. The van der Waals surface area contributed by atoms with E-state index in [9.17, 15) is 19.2 Å². The average molecular weight is 423 g/mol. The normalized spacial score (nSPS) is 10.6. The lowest BCUT2D eigenvalue weighted by Crippen LogP contribution is -2.41. The zero-order chi connectivity index (χ0) is 21.6. The molecular weight excluding hydrogens is 398 g/mol. The van der Waals surface area contributed by atoms with Crippen molar-refractivity contribution in [3.8, 4) is 0 Å². The van der Waals surface area contributed by atoms with E-state index >= 15 is 0 Å². The molecule has 0 bridgehead atoms. The molecule has 0 spiro atoms. The second-order valence-corrected chi connectivity index (χ2v) is 7.13. The Labute approximate surface area is 171 Å². The number of methoxy groups -OCH3 is 1. The second-order valence-electron chi connectivity index (χ2n) is 6.22. The monoisotopic (exact) mass is 423 g/mol. The van der Waals surface area contributed by atoms with Crippen LogP contribution in [0.3, 0.4) is 0 Å². The van der Waals surface area contributed by atoms with Gasteiger partial charge in [0.2, 0.25) is 5.91 Å². The summed E-state index contributed by atoms with van der Waals surface area (Å²) >= 11 is 1.15. The summed E-state index contributed by atoms with van der Waals surface area (Å²) in [5.41, 5.74) is 5.27. The van der Waals surface area contributed by atoms with E-state index in [2.05, 4.69) is 10.3 Å². The molecule has 2 aromatic heterocycles. The van der Waals surface area contributed by atoms with Crippen LogP contribution in [0.1, 0.15) is 36.4 Å². The molecule has 0 aliphatic carbocycles. The number of aromatic nitrogens is 2. The van der Waals surface area contributed by atoms with E-state index in [0.717, 1.165) is 24.2 Å². The van der Waals surface area contributed by atoms with Gasteiger partial charge in [-0.05, 0) is 24.8 Å². The zero-order valence-electron chi connectivity index (χ0n) is 16.6. The van der Waals surface area contributed by atoms with Gasteiger partial charge in [-0.3, -0.25) is 19.1 Å². The first-order valence-electron chi connectivity index (χ1n) is 9.17. The van der Waals surface area contributed by atoms with Crippen LogP contribution in [0.5, 0.6) is 0 Å². The Kier molecular flexibility index (Phi) is 7.59. The molecule has 0 aliphatic heterocycles. The van der Waals surface area contributed by atoms with Crippen molar-refractivity contribution in [2.24, 2.45) is 0 Å². The number of rotatable bonds is 9. The Bertz CT molecular complexity index is 993. The number of carbonyl (C=O) groups excluding carboxylic acids is 2. The summed E-state index contributed by atoms with van der Waals surface area (Å²) in [7, 11) is 1.26. The molecular formula is C18H25N5O5S. The summed E-state index contributed by atoms with van der Waals surface area (Å²) in [6.45, 7) is 4.22. The maximum absolute atomic E-state index is 12.5. The molecule has 0 atom stereocenters. The second kappa shape index (κ2) is 9.92. The Hall–Kier alpha value is -3.08. The number of unbranched alkanes of at least 4 members (excludes halogenated alkanes) is 1. The van der Waals surface area contributed by atoms with Crippen LogP contribution in [-0.4, -0.2) is 41.6 Å². The third kappa shape index (κ3) is 5.05. The summed E-state index contributed by atoms with van der Waals surface area (Å²) in [6, 6.07) is 1.59. The number of nitrogens with one attached hydrogen (secondary N) is 2. The standard InChI is InChI=1S/C18H25N5O5S/c1-4-6-8-23-15(19)13(16(25)21-18(23)27)22(5-2)10-12(24)20-11-7-9-29-14(11)17(26)28-3/h7,9H,4-6,8,10,19H2,1-3H3,(H,20,24)(H,21,25,27). The van der Waals surface area contributed by atoms with Crippen molar-refractivity contribution in [3.05, 3.63) is 37.2 Å². The number of carbonyl (C=O) groups is 2. The van der Waals surface area contributed by atoms with E-state index in [1.807, 2.05) is 6.92 Å². The number of nitrogens with two attached hydrogens (primary N) is 1. The predicted octanol–water partition coefficient (Wildman–Crippen LogP) is 1.23. The van der Waals surface area contributed by atoms with Gasteiger partial charge in [0.25, 0.3) is 5.56 Å². The summed E-state index contributed by atoms with van der Waals surface area (Å²) in [6.07, 6.45) is 1.57. The number of thiophene rings is 1. The number of ether oxygens (including phenoxy) is 1. The quantitative estimate of drug-likeness (QED) is 0.515. The van der Waals surface area contributed by atoms with E-state index in [0.29, 0.717) is 18.8 Å². The number of H-pyrrole nitrogens is 1. The molecule has 0 radical (unpaired) electrons. The third-order valence-corrected chi connectivity index (χ3v) is 5.19. The van der Waals surface area contributed by atoms with Crippen molar-refractivity contribution in [2.45, 2.75) is 33.2 Å². The smallest absolute Gasteiger partial charge is 0.350 e. The van der Waals surface area contributed by atoms with Crippen molar-refractivity contribution in [3.63, 3.8) is 0 Å². The van der Waals surface area contributed by atoms with Crippen LogP contribution >= 0.6 is 11.3 Å². The zero-order valence-corrected chi connectivity index (χ0v) is 17.4. The van der Waals surface area contributed by atoms with Crippen molar-refractivity contribution in [2.75, 3.05) is 36.1 Å². The highest BCUT2D eigenvalue weighted by atomic mass is 32.1. The summed E-state index contributed by atoms with van der Waals surface area (Å²) in [5, 5.41) is 4.31. The van der Waals surface area contributed by atoms with E-state index in [1.54, 1.807) is 18.4 Å². The number of amides is 1. The van der Waals surface area contributed by atoms with Crippen LogP contribution in [0, 0.1) is 0 Å². The predicted molar refractivity (Wildman–Crippen MR) is 113 cm³/mol. The van der Waals surface area contributed by atoms with Crippen molar-refractivity contribution < 1.29 is 14.3 Å². The largest absolute Gasteiger partial charge is 0.465 e. The number of aromatic amines is 1. The number of hydrogen-bond donors (Lipinski definition) is 3. The Morgan fingerprint density at radius 1 is 1.34 bits per heavy atom. The number of esters is 1. The maximum atomic E-state index is 12.5. The molecule has 10 nitrogen and oxygen atoms in total. The molecule has 0 unspecified atom stereocenters. The molecule has 2 rings (SSSR count). The van der Waals surface area contributed by atoms with Gasteiger partial charge in [0.15, 0.2) is 0 Å². The van der Waals surface area contributed by atoms with E-state index < -0.39 is 23.1 Å². The highest BCUT2D eigenvalue weighted by Gasteiger charge is 2.21. The molecule has 0 aromatic carbocycles. The van der Waals surface area contributed by atoms with Crippen LogP contribution in [0.15, 0.2) is 21.0 Å². The summed E-state index contributed by atoms with van der Waals surface area (Å²) in [4.78, 5) is 52.8. The van der Waals surface area contributed by atoms with E-state index in [1.165, 1.54) is 16.6 Å². The minimum atomic E-state index is -0.652. The minimum Gasteiger partial charge on any atom is -0.465 e. The van der Waals surface area contributed by atoms with Gasteiger partial charge < -0.3 is 20.7 Å². The highest BCUT2D eigenvalue weighted by Crippen LogP contribution is 2.23. The molecule has 0 saturated heterocycles. The van der Waals surface area contributed by atoms with Crippen molar-refractivity contribution in [1.29, 1.82) is 0 Å². The van der Waals surface area contributed by atoms with Gasteiger partial charge in [0.1, 0.15) is 16.4 Å². The molecule has 29 heavy (non-hydrogen) atoms. The van der Waals surface area contributed by atoms with Crippen LogP contribution in [0.2, 0.25) is 0 Å². The fraction of sp³-hybridized carbons (Fsp3) is 0.444. The number of likely N-dealkylation sites (N-methyl/N-ethyl adjacent to an activating group) is 1. The van der Waals surface area contributed by atoms with Crippen LogP contribution in [-0.2, 0) is 16.1 Å². The molecule has 4 N–H and O–H groups in total. The Morgan fingerprint density at radius 3 is 2.69 bits per heavy atom. The highest BCUT2D eigenvalue weighted by molar-refractivity contribution is 7.12. The van der Waals surface area contributed by atoms with Crippen LogP contribution in [0.4, 0.5) is 17.2 Å². The van der Waals surface area contributed by atoms with Gasteiger partial charge in [-0.1, -0.05) is 13.3 Å². The lowest BCUT2D eigenvalue weighted by Gasteiger charge is -2.24. The molecule has 2 heterocycles. The van der Waals surface area contributed by atoms with Crippen molar-refractivity contribution in [1.82, 2.24) is 9.55 Å². The van der Waals surface area contributed by atoms with E-state index in [-0.39, 0.29) is 22.9 Å². The van der Waals surface area contributed by atoms with E-state index in [4.69, 9.17) is 10.5 Å². The maximum Gasteiger partial charge on any atom is 0.350 e. The molecule has 0 aliphatic rings. The molecule has 158 valence electrons. The van der Waals surface area contributed by atoms with Gasteiger partial charge in [-0.25, -0.2) is 9.59 Å². The van der Waals surface area contributed by atoms with Gasteiger partial charge in [-0.2, -0.15) is 0 Å². The fourth-order valence-corrected chi connectivity index (χ4v) is 3.56. The van der Waals surface area contributed by atoms with Gasteiger partial charge in [0, 0.05) is 13.1 Å². The first-order valence-corrected chi connectivity index (χ1v) is 10.0. The number of nitrogens with zero attached hydrogens (tertiary/aromatic N) is 2. The van der Waals surface area contributed by atoms with Gasteiger partial charge in [0.05, 0.1) is 19.3 Å². The number of nitrogen functional groups attached to an aromatic ring is 1. The van der Waals surface area contributed by atoms with Crippen LogP contribution < -0.4 is 27.2 Å². The number of anilines is 3. The number of hydrogen-bond acceptors (Lipinski definition) is 8. The Morgan fingerprint density at radius 2 is 2.07 bits per heavy atom. The molecule has 0 saturated carbocycles. The fourth-order valence-electron chi connectivity index (χ4n) is 2.79. The van der Waals surface area contributed by atoms with Crippen LogP contribution in [0.25, 0.3) is 0 Å².